The standard InChI is InChI=1S/C21H18N4O3/c26-20-8-4-5-11-25(20)14-16-9-10-18(28-16)21(27)23-13-19-22-12-17(24-19)15-6-2-1-3-7-15/h1-12H,13-14H2,(H,22,24)(H,23,27). The first-order valence-corrected chi connectivity index (χ1v) is 8.81. The summed E-state index contributed by atoms with van der Waals surface area (Å²) in [7, 11) is 0. The molecule has 0 saturated carbocycles. The molecule has 3 heterocycles. The smallest absolute Gasteiger partial charge is 0.287 e. The van der Waals surface area contributed by atoms with Gasteiger partial charge < -0.3 is 19.3 Å². The quantitative estimate of drug-likeness (QED) is 0.543. The fourth-order valence-corrected chi connectivity index (χ4v) is 2.81. The maximum atomic E-state index is 12.3. The van der Waals surface area contributed by atoms with Gasteiger partial charge in [-0.25, -0.2) is 4.98 Å². The molecular weight excluding hydrogens is 356 g/mol. The van der Waals surface area contributed by atoms with E-state index in [0.717, 1.165) is 11.3 Å². The third kappa shape index (κ3) is 3.93. The number of aromatic amines is 1. The average molecular weight is 374 g/mol. The summed E-state index contributed by atoms with van der Waals surface area (Å²) in [4.78, 5) is 31.5. The van der Waals surface area contributed by atoms with E-state index in [1.54, 1.807) is 36.7 Å². The Labute approximate surface area is 160 Å². The molecule has 0 spiro atoms. The zero-order valence-electron chi connectivity index (χ0n) is 15.0. The summed E-state index contributed by atoms with van der Waals surface area (Å²) in [6.07, 6.45) is 3.41. The maximum absolute atomic E-state index is 12.3. The molecule has 2 N–H and O–H groups in total. The molecule has 0 radical (unpaired) electrons. The lowest BCUT2D eigenvalue weighted by molar-refractivity contribution is 0.0920. The van der Waals surface area contributed by atoms with Gasteiger partial charge in [0.15, 0.2) is 5.76 Å². The van der Waals surface area contributed by atoms with Crippen LogP contribution in [-0.4, -0.2) is 20.4 Å². The van der Waals surface area contributed by atoms with Gasteiger partial charge in [-0.3, -0.25) is 9.59 Å². The van der Waals surface area contributed by atoms with Crippen LogP contribution in [0.15, 0.2) is 82.3 Å². The van der Waals surface area contributed by atoms with Gasteiger partial charge in [-0.15, -0.1) is 0 Å². The Kier molecular flexibility index (Phi) is 4.88. The molecule has 7 heteroatoms. The molecule has 0 aliphatic rings. The summed E-state index contributed by atoms with van der Waals surface area (Å²) < 4.78 is 7.07. The SMILES string of the molecule is O=C(NCc1ncc(-c2ccccc2)[nH]1)c1ccc(Cn2ccccc2=O)o1. The van der Waals surface area contributed by atoms with Crippen LogP contribution in [0.2, 0.25) is 0 Å². The number of rotatable bonds is 6. The van der Waals surface area contributed by atoms with E-state index in [4.69, 9.17) is 4.42 Å². The zero-order valence-corrected chi connectivity index (χ0v) is 15.0. The molecule has 7 nitrogen and oxygen atoms in total. The second-order valence-electron chi connectivity index (χ2n) is 6.23. The van der Waals surface area contributed by atoms with E-state index < -0.39 is 0 Å². The number of benzene rings is 1. The number of aromatic nitrogens is 3. The van der Waals surface area contributed by atoms with Crippen LogP contribution < -0.4 is 10.9 Å². The van der Waals surface area contributed by atoms with Crippen LogP contribution in [0.3, 0.4) is 0 Å². The Morgan fingerprint density at radius 2 is 1.89 bits per heavy atom. The first kappa shape index (κ1) is 17.5. The largest absolute Gasteiger partial charge is 0.454 e. The van der Waals surface area contributed by atoms with Crippen molar-refractivity contribution in [3.8, 4) is 11.3 Å². The Morgan fingerprint density at radius 3 is 2.71 bits per heavy atom. The van der Waals surface area contributed by atoms with Crippen molar-refractivity contribution in [2.75, 3.05) is 0 Å². The van der Waals surface area contributed by atoms with Gasteiger partial charge in [0, 0.05) is 12.3 Å². The van der Waals surface area contributed by atoms with Crippen LogP contribution in [-0.2, 0) is 13.1 Å². The molecule has 1 aromatic carbocycles. The first-order valence-electron chi connectivity index (χ1n) is 8.81. The van der Waals surface area contributed by atoms with Gasteiger partial charge in [-0.2, -0.15) is 0 Å². The third-order valence-electron chi connectivity index (χ3n) is 4.24. The van der Waals surface area contributed by atoms with Crippen LogP contribution in [0.25, 0.3) is 11.3 Å². The van der Waals surface area contributed by atoms with Crippen LogP contribution in [0.5, 0.6) is 0 Å². The third-order valence-corrected chi connectivity index (χ3v) is 4.24. The highest BCUT2D eigenvalue weighted by Gasteiger charge is 2.12. The molecule has 0 aliphatic carbocycles. The predicted molar refractivity (Wildman–Crippen MR) is 104 cm³/mol. The number of amides is 1. The van der Waals surface area contributed by atoms with E-state index in [1.807, 2.05) is 30.3 Å². The van der Waals surface area contributed by atoms with E-state index >= 15 is 0 Å². The number of pyridine rings is 1. The number of carbonyl (C=O) groups excluding carboxylic acids is 1. The number of furan rings is 1. The molecule has 4 rings (SSSR count). The molecule has 28 heavy (non-hydrogen) atoms. The number of H-pyrrole nitrogens is 1. The molecule has 1 amide bonds. The van der Waals surface area contributed by atoms with Gasteiger partial charge in [-0.05, 0) is 23.8 Å². The normalized spacial score (nSPS) is 10.7. The van der Waals surface area contributed by atoms with Crippen LogP contribution in [0, 0.1) is 0 Å². The molecule has 4 aromatic rings. The number of nitrogens with one attached hydrogen (secondary N) is 2. The van der Waals surface area contributed by atoms with Crippen LogP contribution in [0.4, 0.5) is 0 Å². The summed E-state index contributed by atoms with van der Waals surface area (Å²) in [5, 5.41) is 2.77. The van der Waals surface area contributed by atoms with Gasteiger partial charge in [-0.1, -0.05) is 36.4 Å². The monoisotopic (exact) mass is 374 g/mol. The highest BCUT2D eigenvalue weighted by Crippen LogP contribution is 2.16. The van der Waals surface area contributed by atoms with Crippen molar-refractivity contribution in [2.24, 2.45) is 0 Å². The average Bonchev–Trinajstić information content (AvgIpc) is 3.38. The van der Waals surface area contributed by atoms with Crippen LogP contribution >= 0.6 is 0 Å². The Hall–Kier alpha value is -3.87. The van der Waals surface area contributed by atoms with Crippen molar-refractivity contribution < 1.29 is 9.21 Å². The Balaban J connectivity index is 1.37. The number of carbonyl (C=O) groups is 1. The second-order valence-corrected chi connectivity index (χ2v) is 6.23. The fraction of sp³-hybridized carbons (Fsp3) is 0.0952. The zero-order chi connectivity index (χ0) is 19.3. The van der Waals surface area contributed by atoms with Crippen molar-refractivity contribution in [1.29, 1.82) is 0 Å². The Morgan fingerprint density at radius 1 is 1.07 bits per heavy atom. The number of hydrogen-bond acceptors (Lipinski definition) is 4. The van der Waals surface area contributed by atoms with Gasteiger partial charge in [0.2, 0.25) is 0 Å². The van der Waals surface area contributed by atoms with E-state index in [-0.39, 0.29) is 30.3 Å². The second kappa shape index (κ2) is 7.79. The molecule has 0 atom stereocenters. The topological polar surface area (TPSA) is 92.9 Å². The minimum absolute atomic E-state index is 0.128. The molecule has 0 aliphatic heterocycles. The summed E-state index contributed by atoms with van der Waals surface area (Å²) in [5.74, 6) is 1.02. The van der Waals surface area contributed by atoms with Gasteiger partial charge in [0.1, 0.15) is 11.6 Å². The molecular formula is C21H18N4O3. The molecule has 0 bridgehead atoms. The maximum Gasteiger partial charge on any atom is 0.287 e. The summed E-state index contributed by atoms with van der Waals surface area (Å²) in [6, 6.07) is 18.0. The lowest BCUT2D eigenvalue weighted by Crippen LogP contribution is -2.23. The number of nitrogens with zero attached hydrogens (tertiary/aromatic N) is 2. The van der Waals surface area contributed by atoms with Crippen molar-refractivity contribution in [2.45, 2.75) is 13.1 Å². The van der Waals surface area contributed by atoms with Gasteiger partial charge in [0.25, 0.3) is 11.5 Å². The van der Waals surface area contributed by atoms with Crippen molar-refractivity contribution in [3.63, 3.8) is 0 Å². The van der Waals surface area contributed by atoms with Gasteiger partial charge in [0.05, 0.1) is 25.0 Å². The molecule has 3 aromatic heterocycles. The molecule has 0 fully saturated rings. The van der Waals surface area contributed by atoms with Crippen molar-refractivity contribution in [1.82, 2.24) is 19.9 Å². The highest BCUT2D eigenvalue weighted by molar-refractivity contribution is 5.91. The number of imidazole rings is 1. The lowest BCUT2D eigenvalue weighted by atomic mass is 10.2. The highest BCUT2D eigenvalue weighted by atomic mass is 16.4. The number of hydrogen-bond donors (Lipinski definition) is 2. The van der Waals surface area contributed by atoms with E-state index in [0.29, 0.717) is 11.6 Å². The van der Waals surface area contributed by atoms with Crippen molar-refractivity contribution >= 4 is 5.91 Å². The fourth-order valence-electron chi connectivity index (χ4n) is 2.81. The summed E-state index contributed by atoms with van der Waals surface area (Å²) >= 11 is 0. The van der Waals surface area contributed by atoms with E-state index in [2.05, 4.69) is 15.3 Å². The summed E-state index contributed by atoms with van der Waals surface area (Å²) in [5.41, 5.74) is 1.79. The molecule has 0 saturated heterocycles. The Bertz CT molecular complexity index is 1140. The van der Waals surface area contributed by atoms with E-state index in [9.17, 15) is 9.59 Å². The van der Waals surface area contributed by atoms with Crippen LogP contribution in [0.1, 0.15) is 22.1 Å². The lowest BCUT2D eigenvalue weighted by Gasteiger charge is -2.03. The minimum Gasteiger partial charge on any atom is -0.454 e. The van der Waals surface area contributed by atoms with Gasteiger partial charge >= 0.3 is 0 Å². The molecule has 0 unspecified atom stereocenters. The van der Waals surface area contributed by atoms with Crippen molar-refractivity contribution in [3.05, 3.63) is 101 Å². The predicted octanol–water partition coefficient (Wildman–Crippen LogP) is 2.81. The molecule has 140 valence electrons. The first-order chi connectivity index (χ1) is 13.7. The summed E-state index contributed by atoms with van der Waals surface area (Å²) in [6.45, 7) is 0.519. The van der Waals surface area contributed by atoms with E-state index in [1.165, 1.54) is 10.6 Å². The minimum atomic E-state index is -0.343.